The van der Waals surface area contributed by atoms with Crippen molar-refractivity contribution in [3.8, 4) is 11.4 Å². The summed E-state index contributed by atoms with van der Waals surface area (Å²) >= 11 is 0. The molecule has 0 atom stereocenters. The van der Waals surface area contributed by atoms with Gasteiger partial charge in [-0.1, -0.05) is 18.2 Å². The van der Waals surface area contributed by atoms with Gasteiger partial charge in [-0.15, -0.1) is 0 Å². The highest BCUT2D eigenvalue weighted by Gasteiger charge is 2.13. The molecule has 21 heavy (non-hydrogen) atoms. The van der Waals surface area contributed by atoms with E-state index in [4.69, 9.17) is 4.74 Å². The number of pyridine rings is 2. The molecular formula is C16H12N2O3. The number of fused-ring (bicyclic) bond motifs is 1. The van der Waals surface area contributed by atoms with Crippen LogP contribution in [0.2, 0.25) is 0 Å². The fourth-order valence-corrected chi connectivity index (χ4v) is 2.19. The van der Waals surface area contributed by atoms with Crippen LogP contribution in [0.5, 0.6) is 5.75 Å². The first-order valence-corrected chi connectivity index (χ1v) is 6.41. The first-order chi connectivity index (χ1) is 10.2. The van der Waals surface area contributed by atoms with Crippen LogP contribution in [0.15, 0.2) is 59.5 Å². The van der Waals surface area contributed by atoms with Gasteiger partial charge in [0.2, 0.25) is 0 Å². The van der Waals surface area contributed by atoms with Crippen LogP contribution in [0.4, 0.5) is 0 Å². The summed E-state index contributed by atoms with van der Waals surface area (Å²) in [5, 5.41) is 0.608. The Bertz CT molecular complexity index is 870. The molecule has 5 heteroatoms. The third-order valence-electron chi connectivity index (χ3n) is 3.01. The molecule has 2 aromatic heterocycles. The minimum Gasteiger partial charge on any atom is -0.426 e. The van der Waals surface area contributed by atoms with Gasteiger partial charge in [-0.3, -0.25) is 14.2 Å². The van der Waals surface area contributed by atoms with Crippen LogP contribution in [0, 0.1) is 0 Å². The maximum absolute atomic E-state index is 12.4. The van der Waals surface area contributed by atoms with Crippen LogP contribution in [-0.4, -0.2) is 15.5 Å². The molecule has 0 bridgehead atoms. The minimum atomic E-state index is -0.475. The predicted molar refractivity (Wildman–Crippen MR) is 78.6 cm³/mol. The van der Waals surface area contributed by atoms with Crippen molar-refractivity contribution in [3.05, 3.63) is 65.1 Å². The molecule has 0 spiro atoms. The van der Waals surface area contributed by atoms with Crippen molar-refractivity contribution < 1.29 is 9.53 Å². The molecule has 0 amide bonds. The topological polar surface area (TPSA) is 61.2 Å². The SMILES string of the molecule is CC(=O)Oc1cc(=O)n(-c2ccccc2)c2ncccc12. The molecule has 0 unspecified atom stereocenters. The number of rotatable bonds is 2. The van der Waals surface area contributed by atoms with Gasteiger partial charge in [0, 0.05) is 19.2 Å². The van der Waals surface area contributed by atoms with Gasteiger partial charge in [0.15, 0.2) is 5.65 Å². The molecule has 0 saturated carbocycles. The highest BCUT2D eigenvalue weighted by molar-refractivity contribution is 5.86. The number of carbonyl (C=O) groups is 1. The Morgan fingerprint density at radius 2 is 1.90 bits per heavy atom. The quantitative estimate of drug-likeness (QED) is 0.676. The van der Waals surface area contributed by atoms with Crippen molar-refractivity contribution >= 4 is 17.0 Å². The molecule has 0 aliphatic carbocycles. The van der Waals surface area contributed by atoms with Gasteiger partial charge in [0.05, 0.1) is 11.1 Å². The summed E-state index contributed by atoms with van der Waals surface area (Å²) in [6.45, 7) is 1.30. The fourth-order valence-electron chi connectivity index (χ4n) is 2.19. The molecule has 0 radical (unpaired) electrons. The number of nitrogens with zero attached hydrogens (tertiary/aromatic N) is 2. The zero-order chi connectivity index (χ0) is 14.8. The second-order valence-electron chi connectivity index (χ2n) is 4.49. The average molecular weight is 280 g/mol. The van der Waals surface area contributed by atoms with Gasteiger partial charge in [-0.25, -0.2) is 4.98 Å². The number of para-hydroxylation sites is 1. The van der Waals surface area contributed by atoms with E-state index in [1.54, 1.807) is 18.3 Å². The smallest absolute Gasteiger partial charge is 0.308 e. The summed E-state index contributed by atoms with van der Waals surface area (Å²) in [6.07, 6.45) is 1.60. The third kappa shape index (κ3) is 2.41. The molecule has 1 aromatic carbocycles. The largest absolute Gasteiger partial charge is 0.426 e. The molecule has 0 aliphatic heterocycles. The summed E-state index contributed by atoms with van der Waals surface area (Å²) < 4.78 is 6.60. The Hall–Kier alpha value is -2.95. The van der Waals surface area contributed by atoms with Crippen LogP contribution in [0.3, 0.4) is 0 Å². The van der Waals surface area contributed by atoms with Crippen LogP contribution >= 0.6 is 0 Å². The molecule has 0 saturated heterocycles. The fraction of sp³-hybridized carbons (Fsp3) is 0.0625. The molecule has 3 aromatic rings. The van der Waals surface area contributed by atoms with Gasteiger partial charge < -0.3 is 4.74 Å². The molecule has 0 N–H and O–H groups in total. The summed E-state index contributed by atoms with van der Waals surface area (Å²) in [5.41, 5.74) is 0.858. The number of benzene rings is 1. The molecule has 0 aliphatic rings. The zero-order valence-corrected chi connectivity index (χ0v) is 11.3. The second kappa shape index (κ2) is 5.20. The van der Waals surface area contributed by atoms with Crippen molar-refractivity contribution in [2.45, 2.75) is 6.92 Å². The van der Waals surface area contributed by atoms with Crippen molar-refractivity contribution in [1.82, 2.24) is 9.55 Å². The van der Waals surface area contributed by atoms with E-state index in [9.17, 15) is 9.59 Å². The van der Waals surface area contributed by atoms with E-state index in [2.05, 4.69) is 4.98 Å². The van der Waals surface area contributed by atoms with Crippen molar-refractivity contribution in [1.29, 1.82) is 0 Å². The third-order valence-corrected chi connectivity index (χ3v) is 3.01. The number of ether oxygens (including phenoxy) is 1. The Balaban J connectivity index is 2.35. The van der Waals surface area contributed by atoms with E-state index in [0.717, 1.165) is 0 Å². The van der Waals surface area contributed by atoms with Crippen LogP contribution in [0.25, 0.3) is 16.7 Å². The Morgan fingerprint density at radius 3 is 2.62 bits per heavy atom. The Labute approximate surface area is 120 Å². The van der Waals surface area contributed by atoms with Crippen LogP contribution in [-0.2, 0) is 4.79 Å². The van der Waals surface area contributed by atoms with Gasteiger partial charge in [-0.05, 0) is 24.3 Å². The van der Waals surface area contributed by atoms with Crippen molar-refractivity contribution in [2.75, 3.05) is 0 Å². The number of carbonyl (C=O) groups excluding carboxylic acids is 1. The Kier molecular flexibility index (Phi) is 3.23. The lowest BCUT2D eigenvalue weighted by atomic mass is 10.2. The number of esters is 1. The van der Waals surface area contributed by atoms with E-state index in [-0.39, 0.29) is 11.3 Å². The molecular weight excluding hydrogens is 268 g/mol. The lowest BCUT2D eigenvalue weighted by Gasteiger charge is -2.11. The van der Waals surface area contributed by atoms with Gasteiger partial charge in [0.25, 0.3) is 5.56 Å². The molecule has 5 nitrogen and oxygen atoms in total. The van der Waals surface area contributed by atoms with Gasteiger partial charge in [0.1, 0.15) is 5.75 Å². The number of hydrogen-bond acceptors (Lipinski definition) is 4. The minimum absolute atomic E-state index is 0.225. The maximum atomic E-state index is 12.4. The predicted octanol–water partition coefficient (Wildman–Crippen LogP) is 2.31. The maximum Gasteiger partial charge on any atom is 0.308 e. The second-order valence-corrected chi connectivity index (χ2v) is 4.49. The van der Waals surface area contributed by atoms with E-state index < -0.39 is 5.97 Å². The highest BCUT2D eigenvalue weighted by Crippen LogP contribution is 2.23. The number of aromatic nitrogens is 2. The van der Waals surface area contributed by atoms with Crippen LogP contribution in [0.1, 0.15) is 6.92 Å². The average Bonchev–Trinajstić information content (AvgIpc) is 2.48. The van der Waals surface area contributed by atoms with E-state index in [1.807, 2.05) is 30.3 Å². The van der Waals surface area contributed by atoms with Crippen molar-refractivity contribution in [3.63, 3.8) is 0 Å². The highest BCUT2D eigenvalue weighted by atomic mass is 16.5. The molecule has 0 fully saturated rings. The summed E-state index contributed by atoms with van der Waals surface area (Å²) in [7, 11) is 0. The molecule has 3 rings (SSSR count). The molecule has 2 heterocycles. The molecule has 104 valence electrons. The normalized spacial score (nSPS) is 10.5. The van der Waals surface area contributed by atoms with Crippen molar-refractivity contribution in [2.24, 2.45) is 0 Å². The van der Waals surface area contributed by atoms with E-state index >= 15 is 0 Å². The zero-order valence-electron chi connectivity index (χ0n) is 11.3. The summed E-state index contributed by atoms with van der Waals surface area (Å²) in [6, 6.07) is 14.0. The summed E-state index contributed by atoms with van der Waals surface area (Å²) in [5.74, 6) is -0.250. The van der Waals surface area contributed by atoms with Gasteiger partial charge >= 0.3 is 5.97 Å². The monoisotopic (exact) mass is 280 g/mol. The van der Waals surface area contributed by atoms with E-state index in [1.165, 1.54) is 17.6 Å². The standard InChI is InChI=1S/C16H12N2O3/c1-11(19)21-14-10-15(20)18(12-6-3-2-4-7-12)16-13(14)8-5-9-17-16/h2-10H,1H3. The van der Waals surface area contributed by atoms with E-state index in [0.29, 0.717) is 16.7 Å². The first kappa shape index (κ1) is 13.1. The summed E-state index contributed by atoms with van der Waals surface area (Å²) in [4.78, 5) is 27.8. The lowest BCUT2D eigenvalue weighted by molar-refractivity contribution is -0.131. The number of hydrogen-bond donors (Lipinski definition) is 0. The van der Waals surface area contributed by atoms with Gasteiger partial charge in [-0.2, -0.15) is 0 Å². The van der Waals surface area contributed by atoms with Crippen LogP contribution < -0.4 is 10.3 Å². The Morgan fingerprint density at radius 1 is 1.14 bits per heavy atom. The lowest BCUT2D eigenvalue weighted by Crippen LogP contribution is -2.19. The first-order valence-electron chi connectivity index (χ1n) is 6.41.